The van der Waals surface area contributed by atoms with Crippen molar-refractivity contribution in [2.45, 2.75) is 45.3 Å². The molecule has 1 aliphatic heterocycles. The molecule has 0 bridgehead atoms. The number of nitrogens with zero attached hydrogens (tertiary/aromatic N) is 1. The number of carbonyl (C=O) groups is 3. The van der Waals surface area contributed by atoms with E-state index in [4.69, 9.17) is 4.74 Å². The normalized spacial score (nSPS) is 15.9. The third-order valence-electron chi connectivity index (χ3n) is 6.74. The summed E-state index contributed by atoms with van der Waals surface area (Å²) in [5.41, 5.74) is 3.30. The van der Waals surface area contributed by atoms with Crippen LogP contribution < -0.4 is 20.3 Å². The van der Waals surface area contributed by atoms with Gasteiger partial charge in [0.1, 0.15) is 11.8 Å². The number of amides is 2. The van der Waals surface area contributed by atoms with Crippen LogP contribution in [0.4, 0.5) is 5.69 Å². The molecule has 2 unspecified atom stereocenters. The number of rotatable bonds is 7. The zero-order chi connectivity index (χ0) is 25.1. The Labute approximate surface area is 217 Å². The first-order valence-corrected chi connectivity index (χ1v) is 11.8. The van der Waals surface area contributed by atoms with Crippen LogP contribution in [0.1, 0.15) is 41.8 Å². The number of benzene rings is 3. The van der Waals surface area contributed by atoms with Gasteiger partial charge in [0.2, 0.25) is 11.8 Å². The van der Waals surface area contributed by atoms with Crippen molar-refractivity contribution in [2.24, 2.45) is 0 Å². The number of methoxy groups -OCH3 is 1. The van der Waals surface area contributed by atoms with Gasteiger partial charge >= 0.3 is 0 Å². The van der Waals surface area contributed by atoms with Gasteiger partial charge in [-0.05, 0) is 68.3 Å². The van der Waals surface area contributed by atoms with Crippen LogP contribution in [-0.2, 0) is 22.6 Å². The molecule has 8 heteroatoms. The second kappa shape index (κ2) is 11.5. The first kappa shape index (κ1) is 27.2. The highest BCUT2D eigenvalue weighted by atomic mass is 35.5. The number of nitrogens with one attached hydrogen (secondary N) is 2. The lowest BCUT2D eigenvalue weighted by molar-refractivity contribution is -0.128. The molecule has 0 spiro atoms. The predicted octanol–water partition coefficient (Wildman–Crippen LogP) is 4.04. The van der Waals surface area contributed by atoms with Crippen molar-refractivity contribution < 1.29 is 19.1 Å². The van der Waals surface area contributed by atoms with Crippen molar-refractivity contribution in [1.29, 1.82) is 0 Å². The van der Waals surface area contributed by atoms with E-state index in [0.717, 1.165) is 27.6 Å². The van der Waals surface area contributed by atoms with Gasteiger partial charge in [0.15, 0.2) is 5.78 Å². The molecule has 3 aromatic rings. The maximum Gasteiger partial charge on any atom is 0.249 e. The average Bonchev–Trinajstić information content (AvgIpc) is 3.00. The van der Waals surface area contributed by atoms with E-state index in [-0.39, 0.29) is 36.5 Å². The van der Waals surface area contributed by atoms with Gasteiger partial charge in [0.25, 0.3) is 0 Å². The van der Waals surface area contributed by atoms with E-state index >= 15 is 0 Å². The highest BCUT2D eigenvalue weighted by Gasteiger charge is 2.33. The average molecular weight is 510 g/mol. The molecule has 0 radical (unpaired) electrons. The minimum Gasteiger partial charge on any atom is -0.496 e. The summed E-state index contributed by atoms with van der Waals surface area (Å²) < 4.78 is 5.69. The molecule has 0 fully saturated rings. The fourth-order valence-electron chi connectivity index (χ4n) is 4.66. The summed E-state index contributed by atoms with van der Waals surface area (Å²) in [6.07, 6.45) is 1.17. The van der Waals surface area contributed by atoms with Gasteiger partial charge in [0, 0.05) is 16.8 Å². The maximum atomic E-state index is 13.9. The van der Waals surface area contributed by atoms with Gasteiger partial charge in [0.05, 0.1) is 19.7 Å². The van der Waals surface area contributed by atoms with Crippen molar-refractivity contribution in [2.75, 3.05) is 19.1 Å². The Kier molecular flexibility index (Phi) is 8.71. The molecule has 3 aromatic carbocycles. The number of hydrogen-bond acceptors (Lipinski definition) is 5. The molecule has 0 aromatic heterocycles. The molecule has 1 heterocycles. The number of halogens is 1. The Morgan fingerprint density at radius 1 is 1.08 bits per heavy atom. The molecular formula is C28H32ClN3O4. The number of Topliss-reactive ketones (excluding diaryl/α,β-unsaturated/α-hetero) is 1. The minimum atomic E-state index is -0.653. The summed E-state index contributed by atoms with van der Waals surface area (Å²) in [4.78, 5) is 40.5. The van der Waals surface area contributed by atoms with E-state index in [1.54, 1.807) is 32.9 Å². The molecule has 1 aliphatic rings. The zero-order valence-electron chi connectivity index (χ0n) is 21.0. The van der Waals surface area contributed by atoms with Crippen molar-refractivity contribution in [3.05, 3.63) is 71.3 Å². The summed E-state index contributed by atoms with van der Waals surface area (Å²) in [6, 6.07) is 16.1. The van der Waals surface area contributed by atoms with E-state index in [9.17, 15) is 14.4 Å². The topological polar surface area (TPSA) is 87.7 Å². The van der Waals surface area contributed by atoms with Crippen LogP contribution in [0.15, 0.2) is 54.6 Å². The number of ether oxygens (including phenoxy) is 1. The Balaban J connectivity index is 0.00000361. The minimum absolute atomic E-state index is 0. The summed E-state index contributed by atoms with van der Waals surface area (Å²) in [6.45, 7) is 3.55. The Morgan fingerprint density at radius 3 is 2.53 bits per heavy atom. The van der Waals surface area contributed by atoms with Crippen LogP contribution in [-0.4, -0.2) is 43.8 Å². The summed E-state index contributed by atoms with van der Waals surface area (Å²) >= 11 is 0. The second-order valence-electron chi connectivity index (χ2n) is 8.87. The number of ketones is 1. The standard InChI is InChI=1S/C28H31N3O4.ClH/c1-17(29-3)27(33)30-24-14-12-19-8-5-6-11-25(19)31(28(24)34)16-23-21-10-7-9-20(18(2)32)22(21)13-15-26(23)35-4;/h5-11,13,15,17,24,29H,12,14,16H2,1-4H3,(H,30,33);1H. The van der Waals surface area contributed by atoms with Crippen molar-refractivity contribution >= 4 is 46.5 Å². The van der Waals surface area contributed by atoms with E-state index in [1.165, 1.54) is 0 Å². The molecule has 7 nitrogen and oxygen atoms in total. The SMILES string of the molecule is CNC(C)C(=O)NC1CCc2ccccc2N(Cc2c(OC)ccc3c(C(C)=O)cccc23)C1=O.Cl. The number of likely N-dealkylation sites (N-methyl/N-ethyl adjacent to an activating group) is 1. The van der Waals surface area contributed by atoms with E-state index in [2.05, 4.69) is 10.6 Å². The monoisotopic (exact) mass is 509 g/mol. The van der Waals surface area contributed by atoms with Gasteiger partial charge in [-0.2, -0.15) is 0 Å². The molecular weight excluding hydrogens is 478 g/mol. The van der Waals surface area contributed by atoms with Crippen molar-refractivity contribution in [1.82, 2.24) is 10.6 Å². The second-order valence-corrected chi connectivity index (χ2v) is 8.87. The largest absolute Gasteiger partial charge is 0.496 e. The molecule has 2 N–H and O–H groups in total. The number of hydrogen-bond donors (Lipinski definition) is 2. The van der Waals surface area contributed by atoms with Crippen molar-refractivity contribution in [3.8, 4) is 5.75 Å². The molecule has 0 saturated carbocycles. The molecule has 190 valence electrons. The maximum absolute atomic E-state index is 13.9. The fraction of sp³-hybridized carbons (Fsp3) is 0.321. The van der Waals surface area contributed by atoms with Crippen LogP contribution in [0.25, 0.3) is 10.8 Å². The van der Waals surface area contributed by atoms with Crippen LogP contribution in [0.3, 0.4) is 0 Å². The molecule has 36 heavy (non-hydrogen) atoms. The molecule has 4 rings (SSSR count). The number of para-hydroxylation sites is 1. The Bertz CT molecular complexity index is 1290. The van der Waals surface area contributed by atoms with Gasteiger partial charge in [-0.15, -0.1) is 12.4 Å². The molecule has 2 amide bonds. The summed E-state index contributed by atoms with van der Waals surface area (Å²) in [7, 11) is 3.31. The number of fused-ring (bicyclic) bond motifs is 2. The quantitative estimate of drug-likeness (QED) is 0.469. The lowest BCUT2D eigenvalue weighted by Gasteiger charge is -2.28. The predicted molar refractivity (Wildman–Crippen MR) is 144 cm³/mol. The van der Waals surface area contributed by atoms with Crippen LogP contribution in [0.2, 0.25) is 0 Å². The van der Waals surface area contributed by atoms with Gasteiger partial charge in [-0.1, -0.05) is 36.4 Å². The summed E-state index contributed by atoms with van der Waals surface area (Å²) in [5.74, 6) is 0.223. The van der Waals surface area contributed by atoms with Gasteiger partial charge in [-0.25, -0.2) is 0 Å². The van der Waals surface area contributed by atoms with Crippen LogP contribution in [0, 0.1) is 0 Å². The smallest absolute Gasteiger partial charge is 0.249 e. The van der Waals surface area contributed by atoms with E-state index < -0.39 is 12.1 Å². The first-order valence-electron chi connectivity index (χ1n) is 11.8. The zero-order valence-corrected chi connectivity index (χ0v) is 21.8. The lowest BCUT2D eigenvalue weighted by Crippen LogP contribution is -2.52. The van der Waals surface area contributed by atoms with Crippen LogP contribution >= 0.6 is 12.4 Å². The Morgan fingerprint density at radius 2 is 1.83 bits per heavy atom. The Hall–Kier alpha value is -3.42. The fourth-order valence-corrected chi connectivity index (χ4v) is 4.66. The molecule has 0 saturated heterocycles. The number of carbonyl (C=O) groups excluding carboxylic acids is 3. The third kappa shape index (κ3) is 5.22. The van der Waals surface area contributed by atoms with Crippen LogP contribution in [0.5, 0.6) is 5.75 Å². The van der Waals surface area contributed by atoms with Gasteiger partial charge < -0.3 is 20.3 Å². The number of anilines is 1. The number of aryl methyl sites for hydroxylation is 1. The summed E-state index contributed by atoms with van der Waals surface area (Å²) in [5, 5.41) is 7.53. The van der Waals surface area contributed by atoms with E-state index in [0.29, 0.717) is 24.2 Å². The van der Waals surface area contributed by atoms with Crippen molar-refractivity contribution in [3.63, 3.8) is 0 Å². The highest BCUT2D eigenvalue weighted by molar-refractivity contribution is 6.08. The molecule has 2 atom stereocenters. The van der Waals surface area contributed by atoms with E-state index in [1.807, 2.05) is 54.6 Å². The first-order chi connectivity index (χ1) is 16.8. The molecule has 0 aliphatic carbocycles. The third-order valence-corrected chi connectivity index (χ3v) is 6.74. The highest BCUT2D eigenvalue weighted by Crippen LogP contribution is 2.35. The van der Waals surface area contributed by atoms with Gasteiger partial charge in [-0.3, -0.25) is 14.4 Å². The lowest BCUT2D eigenvalue weighted by atomic mass is 9.97.